The van der Waals surface area contributed by atoms with E-state index in [1.165, 1.54) is 18.5 Å². The zero-order chi connectivity index (χ0) is 16.7. The number of nitrogens with zero attached hydrogens (tertiary/aromatic N) is 1. The molecule has 2 rings (SSSR count). The molecule has 1 aromatic carbocycles. The van der Waals surface area contributed by atoms with E-state index in [0.29, 0.717) is 12.5 Å². The minimum atomic E-state index is -0.192. The van der Waals surface area contributed by atoms with E-state index in [2.05, 4.69) is 24.8 Å². The molecule has 0 N–H and O–H groups in total. The van der Waals surface area contributed by atoms with Crippen molar-refractivity contribution in [2.24, 2.45) is 5.92 Å². The molecule has 0 aromatic heterocycles. The Bertz CT molecular complexity index is 522. The molecule has 126 valence electrons. The summed E-state index contributed by atoms with van der Waals surface area (Å²) in [6.45, 7) is 4.66. The summed E-state index contributed by atoms with van der Waals surface area (Å²) in [7, 11) is 2.04. The molecule has 3 heteroatoms. The molecule has 0 spiro atoms. The van der Waals surface area contributed by atoms with E-state index in [1.807, 2.05) is 37.4 Å². The maximum atomic E-state index is 12.6. The van der Waals surface area contributed by atoms with Gasteiger partial charge in [-0.3, -0.25) is 0 Å². The van der Waals surface area contributed by atoms with Crippen molar-refractivity contribution in [3.63, 3.8) is 0 Å². The van der Waals surface area contributed by atoms with Crippen molar-refractivity contribution in [2.45, 2.75) is 58.6 Å². The zero-order valence-electron chi connectivity index (χ0n) is 14.6. The van der Waals surface area contributed by atoms with Gasteiger partial charge in [0.05, 0.1) is 0 Å². The number of hydrogen-bond acceptors (Lipinski definition) is 3. The lowest BCUT2D eigenvalue weighted by molar-refractivity contribution is -0.151. The lowest BCUT2D eigenvalue weighted by Crippen LogP contribution is -2.40. The normalized spacial score (nSPS) is 15.9. The number of ether oxygens (including phenoxy) is 1. The standard InChI is InChI=1S/C20H29NO2/c1-16(2)14-19(21(3)18-12-8-5-9-13-18)20(22)23-15-17-10-6-4-7-11-17/h4,6-7,10-12,16,19H,5,8-9,13-15H2,1-3H3. The number of likely N-dealkylation sites (N-methyl/N-ethyl adjacent to an activating group) is 1. The van der Waals surface area contributed by atoms with E-state index >= 15 is 0 Å². The van der Waals surface area contributed by atoms with Crippen LogP contribution in [0.1, 0.15) is 51.5 Å². The zero-order valence-corrected chi connectivity index (χ0v) is 14.6. The molecule has 0 radical (unpaired) electrons. The molecule has 23 heavy (non-hydrogen) atoms. The first-order valence-corrected chi connectivity index (χ1v) is 8.70. The summed E-state index contributed by atoms with van der Waals surface area (Å²) in [4.78, 5) is 14.8. The van der Waals surface area contributed by atoms with Gasteiger partial charge in [-0.15, -0.1) is 0 Å². The predicted octanol–water partition coefficient (Wildman–Crippen LogP) is 4.53. The Morgan fingerprint density at radius 1 is 1.22 bits per heavy atom. The van der Waals surface area contributed by atoms with Gasteiger partial charge in [0.15, 0.2) is 0 Å². The molecule has 0 heterocycles. The van der Waals surface area contributed by atoms with E-state index in [4.69, 9.17) is 4.74 Å². The maximum absolute atomic E-state index is 12.6. The monoisotopic (exact) mass is 315 g/mol. The third kappa shape index (κ3) is 5.42. The molecule has 1 unspecified atom stereocenters. The average molecular weight is 315 g/mol. The van der Waals surface area contributed by atoms with Gasteiger partial charge in [0.25, 0.3) is 0 Å². The number of rotatable bonds is 7. The summed E-state index contributed by atoms with van der Waals surface area (Å²) in [5.41, 5.74) is 2.32. The van der Waals surface area contributed by atoms with E-state index in [0.717, 1.165) is 24.8 Å². The second-order valence-corrected chi connectivity index (χ2v) is 6.79. The van der Waals surface area contributed by atoms with E-state index < -0.39 is 0 Å². The van der Waals surface area contributed by atoms with Crippen LogP contribution < -0.4 is 0 Å². The topological polar surface area (TPSA) is 29.5 Å². The van der Waals surface area contributed by atoms with Crippen molar-refractivity contribution in [1.82, 2.24) is 4.90 Å². The molecular weight excluding hydrogens is 286 g/mol. The quantitative estimate of drug-likeness (QED) is 0.692. The molecular formula is C20H29NO2. The first kappa shape index (κ1) is 17.6. The molecule has 1 aliphatic rings. The Hall–Kier alpha value is -1.77. The van der Waals surface area contributed by atoms with Crippen molar-refractivity contribution < 1.29 is 9.53 Å². The lowest BCUT2D eigenvalue weighted by Gasteiger charge is -2.33. The Labute approximate surface area is 140 Å². The number of allylic oxidation sites excluding steroid dienone is 2. The Morgan fingerprint density at radius 2 is 1.96 bits per heavy atom. The molecule has 1 aliphatic carbocycles. The minimum absolute atomic E-state index is 0.114. The Balaban J connectivity index is 2.01. The van der Waals surface area contributed by atoms with Gasteiger partial charge in [-0.25, -0.2) is 4.79 Å². The highest BCUT2D eigenvalue weighted by molar-refractivity contribution is 5.76. The second kappa shape index (κ2) is 8.76. The first-order valence-electron chi connectivity index (χ1n) is 8.70. The Kier molecular flexibility index (Phi) is 6.69. The highest BCUT2D eigenvalue weighted by Crippen LogP contribution is 2.24. The van der Waals surface area contributed by atoms with Crippen LogP contribution in [0.25, 0.3) is 0 Å². The molecule has 0 fully saturated rings. The minimum Gasteiger partial charge on any atom is -0.459 e. The molecule has 0 aliphatic heterocycles. The Morgan fingerprint density at radius 3 is 2.57 bits per heavy atom. The molecule has 0 amide bonds. The van der Waals surface area contributed by atoms with Gasteiger partial charge in [0, 0.05) is 12.7 Å². The van der Waals surface area contributed by atoms with Crippen LogP contribution in [-0.2, 0) is 16.1 Å². The summed E-state index contributed by atoms with van der Waals surface area (Å²) in [6.07, 6.45) is 7.75. The fourth-order valence-corrected chi connectivity index (χ4v) is 3.03. The highest BCUT2D eigenvalue weighted by atomic mass is 16.5. The van der Waals surface area contributed by atoms with Crippen LogP contribution in [0.15, 0.2) is 42.1 Å². The smallest absolute Gasteiger partial charge is 0.329 e. The summed E-state index contributed by atoms with van der Waals surface area (Å²) in [6, 6.07) is 9.68. The fraction of sp³-hybridized carbons (Fsp3) is 0.550. The van der Waals surface area contributed by atoms with Crippen LogP contribution in [0.3, 0.4) is 0 Å². The number of benzene rings is 1. The third-order valence-electron chi connectivity index (χ3n) is 4.38. The van der Waals surface area contributed by atoms with Gasteiger partial charge < -0.3 is 9.64 Å². The van der Waals surface area contributed by atoms with Crippen molar-refractivity contribution in [2.75, 3.05) is 7.05 Å². The number of carbonyl (C=O) groups is 1. The predicted molar refractivity (Wildman–Crippen MR) is 93.8 cm³/mol. The fourth-order valence-electron chi connectivity index (χ4n) is 3.03. The molecule has 0 bridgehead atoms. The van der Waals surface area contributed by atoms with Gasteiger partial charge in [-0.1, -0.05) is 50.3 Å². The van der Waals surface area contributed by atoms with Gasteiger partial charge >= 0.3 is 5.97 Å². The van der Waals surface area contributed by atoms with Crippen molar-refractivity contribution >= 4 is 5.97 Å². The summed E-state index contributed by atoms with van der Waals surface area (Å²) < 4.78 is 5.60. The van der Waals surface area contributed by atoms with Crippen LogP contribution in [0.4, 0.5) is 0 Å². The average Bonchev–Trinajstić information content (AvgIpc) is 2.58. The molecule has 0 saturated carbocycles. The van der Waals surface area contributed by atoms with E-state index in [9.17, 15) is 4.79 Å². The molecule has 0 saturated heterocycles. The SMILES string of the molecule is CC(C)CC(C(=O)OCc1ccccc1)N(C)C1=CCCCC1. The van der Waals surface area contributed by atoms with Gasteiger partial charge in [-0.2, -0.15) is 0 Å². The van der Waals surface area contributed by atoms with Crippen LogP contribution in [-0.4, -0.2) is 24.0 Å². The number of carbonyl (C=O) groups excluding carboxylic acids is 1. The number of hydrogen-bond donors (Lipinski definition) is 0. The van der Waals surface area contributed by atoms with Gasteiger partial charge in [0.2, 0.25) is 0 Å². The van der Waals surface area contributed by atoms with E-state index in [-0.39, 0.29) is 12.0 Å². The lowest BCUT2D eigenvalue weighted by atomic mass is 9.99. The van der Waals surface area contributed by atoms with Crippen molar-refractivity contribution in [3.05, 3.63) is 47.7 Å². The second-order valence-electron chi connectivity index (χ2n) is 6.79. The molecule has 1 atom stereocenters. The third-order valence-corrected chi connectivity index (χ3v) is 4.38. The summed E-state index contributed by atoms with van der Waals surface area (Å²) in [5, 5.41) is 0. The van der Waals surface area contributed by atoms with E-state index in [1.54, 1.807) is 0 Å². The van der Waals surface area contributed by atoms with Crippen LogP contribution in [0, 0.1) is 5.92 Å². The van der Waals surface area contributed by atoms with Crippen LogP contribution in [0.2, 0.25) is 0 Å². The summed E-state index contributed by atoms with van der Waals surface area (Å²) in [5.74, 6) is 0.340. The highest BCUT2D eigenvalue weighted by Gasteiger charge is 2.27. The van der Waals surface area contributed by atoms with Crippen LogP contribution >= 0.6 is 0 Å². The maximum Gasteiger partial charge on any atom is 0.329 e. The molecule has 1 aromatic rings. The summed E-state index contributed by atoms with van der Waals surface area (Å²) >= 11 is 0. The first-order chi connectivity index (χ1) is 11.1. The number of esters is 1. The van der Waals surface area contributed by atoms with Crippen molar-refractivity contribution in [1.29, 1.82) is 0 Å². The van der Waals surface area contributed by atoms with Crippen LogP contribution in [0.5, 0.6) is 0 Å². The van der Waals surface area contributed by atoms with Gasteiger partial charge in [0.1, 0.15) is 12.6 Å². The largest absolute Gasteiger partial charge is 0.459 e. The van der Waals surface area contributed by atoms with Gasteiger partial charge in [-0.05, 0) is 43.6 Å². The van der Waals surface area contributed by atoms with Crippen molar-refractivity contribution in [3.8, 4) is 0 Å². The molecule has 3 nitrogen and oxygen atoms in total.